The Labute approximate surface area is 134 Å². The molecule has 0 radical (unpaired) electrons. The second kappa shape index (κ2) is 5.77. The third kappa shape index (κ3) is 2.96. The second-order valence-corrected chi connectivity index (χ2v) is 5.99. The number of hydrogen-bond donors (Lipinski definition) is 2. The quantitative estimate of drug-likeness (QED) is 0.526. The highest BCUT2D eigenvalue weighted by Gasteiger charge is 2.18. The van der Waals surface area contributed by atoms with Gasteiger partial charge in [-0.15, -0.1) is 0 Å². The van der Waals surface area contributed by atoms with E-state index in [9.17, 15) is 4.39 Å². The molecule has 2 aromatic carbocycles. The third-order valence-corrected chi connectivity index (χ3v) is 3.84. The number of halogens is 3. The van der Waals surface area contributed by atoms with Gasteiger partial charge >= 0.3 is 0 Å². The summed E-state index contributed by atoms with van der Waals surface area (Å²) in [5, 5.41) is 1.27. The summed E-state index contributed by atoms with van der Waals surface area (Å²) >= 11 is 9.45. The number of nitrogens with two attached hydrogens (primary N) is 1. The zero-order valence-corrected chi connectivity index (χ0v) is 13.1. The maximum atomic E-state index is 13.3. The SMILES string of the molecule is NNC(c1cc(Cl)cc(Br)c1)c1cc2cc(F)ccc2o1. The zero-order valence-electron chi connectivity index (χ0n) is 10.7. The van der Waals surface area contributed by atoms with Crippen molar-refractivity contribution in [3.8, 4) is 0 Å². The van der Waals surface area contributed by atoms with Crippen molar-refractivity contribution < 1.29 is 8.81 Å². The number of benzene rings is 2. The van der Waals surface area contributed by atoms with Gasteiger partial charge in [0.05, 0.1) is 0 Å². The lowest BCUT2D eigenvalue weighted by molar-refractivity contribution is 0.477. The predicted molar refractivity (Wildman–Crippen MR) is 84.5 cm³/mol. The van der Waals surface area contributed by atoms with Crippen molar-refractivity contribution >= 4 is 38.5 Å². The molecule has 0 saturated carbocycles. The van der Waals surface area contributed by atoms with Gasteiger partial charge in [-0.05, 0) is 48.0 Å². The first-order valence-electron chi connectivity index (χ1n) is 6.18. The summed E-state index contributed by atoms with van der Waals surface area (Å²) in [6, 6.07) is 11.2. The van der Waals surface area contributed by atoms with Gasteiger partial charge in [0.25, 0.3) is 0 Å². The summed E-state index contributed by atoms with van der Waals surface area (Å²) in [6.07, 6.45) is 0. The smallest absolute Gasteiger partial charge is 0.134 e. The Morgan fingerprint density at radius 1 is 1.19 bits per heavy atom. The van der Waals surface area contributed by atoms with Crippen LogP contribution in [0.15, 0.2) is 51.4 Å². The molecule has 3 N–H and O–H groups in total. The topological polar surface area (TPSA) is 51.2 Å². The van der Waals surface area contributed by atoms with Gasteiger partial charge in [-0.3, -0.25) is 5.84 Å². The molecule has 0 amide bonds. The normalized spacial score (nSPS) is 12.8. The average Bonchev–Trinajstić information content (AvgIpc) is 2.81. The highest BCUT2D eigenvalue weighted by Crippen LogP contribution is 2.31. The Morgan fingerprint density at radius 3 is 2.71 bits per heavy atom. The van der Waals surface area contributed by atoms with Crippen LogP contribution in [0.2, 0.25) is 5.02 Å². The van der Waals surface area contributed by atoms with E-state index in [1.807, 2.05) is 6.07 Å². The van der Waals surface area contributed by atoms with Gasteiger partial charge in [-0.25, -0.2) is 9.82 Å². The Balaban J connectivity index is 2.08. The molecule has 3 rings (SSSR count). The van der Waals surface area contributed by atoms with Crippen LogP contribution in [-0.4, -0.2) is 0 Å². The predicted octanol–water partition coefficient (Wildman–Crippen LogP) is 4.54. The largest absolute Gasteiger partial charge is 0.459 e. The van der Waals surface area contributed by atoms with Gasteiger partial charge in [-0.2, -0.15) is 0 Å². The first kappa shape index (κ1) is 14.5. The van der Waals surface area contributed by atoms with Crippen molar-refractivity contribution in [2.24, 2.45) is 5.84 Å². The molecule has 3 nitrogen and oxygen atoms in total. The first-order valence-corrected chi connectivity index (χ1v) is 7.35. The molecular weight excluding hydrogens is 359 g/mol. The Kier molecular flexibility index (Phi) is 3.99. The van der Waals surface area contributed by atoms with Crippen LogP contribution in [-0.2, 0) is 0 Å². The molecule has 0 saturated heterocycles. The van der Waals surface area contributed by atoms with E-state index in [0.717, 1.165) is 10.0 Å². The van der Waals surface area contributed by atoms with Crippen molar-refractivity contribution in [1.29, 1.82) is 0 Å². The lowest BCUT2D eigenvalue weighted by Crippen LogP contribution is -2.28. The van der Waals surface area contributed by atoms with E-state index in [4.69, 9.17) is 21.9 Å². The fourth-order valence-electron chi connectivity index (χ4n) is 2.26. The molecule has 1 aromatic heterocycles. The highest BCUT2D eigenvalue weighted by molar-refractivity contribution is 9.10. The fourth-order valence-corrected chi connectivity index (χ4v) is 3.15. The average molecular weight is 370 g/mol. The number of rotatable bonds is 3. The van der Waals surface area contributed by atoms with Gasteiger partial charge < -0.3 is 4.42 Å². The van der Waals surface area contributed by atoms with E-state index in [-0.39, 0.29) is 11.9 Å². The third-order valence-electron chi connectivity index (χ3n) is 3.17. The van der Waals surface area contributed by atoms with E-state index >= 15 is 0 Å². The molecule has 3 aromatic rings. The molecule has 21 heavy (non-hydrogen) atoms. The number of hydrazine groups is 1. The standard InChI is InChI=1S/C15H11BrClFN2O/c16-10-3-9(4-11(17)7-10)15(20-19)14-6-8-5-12(18)1-2-13(8)21-14/h1-7,15,20H,19H2. The molecule has 0 bridgehead atoms. The van der Waals surface area contributed by atoms with Crippen LogP contribution < -0.4 is 11.3 Å². The Bertz CT molecular complexity index is 785. The molecule has 0 aliphatic heterocycles. The summed E-state index contributed by atoms with van der Waals surface area (Å²) in [4.78, 5) is 0. The molecule has 0 fully saturated rings. The maximum Gasteiger partial charge on any atom is 0.134 e. The minimum absolute atomic E-state index is 0.308. The molecular formula is C15H11BrClFN2O. The summed E-state index contributed by atoms with van der Waals surface area (Å²) in [5.41, 5.74) is 4.15. The van der Waals surface area contributed by atoms with Crippen LogP contribution in [0.1, 0.15) is 17.4 Å². The molecule has 1 atom stereocenters. The number of hydrogen-bond acceptors (Lipinski definition) is 3. The summed E-state index contributed by atoms with van der Waals surface area (Å²) in [5.74, 6) is 5.93. The monoisotopic (exact) mass is 368 g/mol. The molecule has 0 aliphatic carbocycles. The van der Waals surface area contributed by atoms with Crippen LogP contribution in [0.25, 0.3) is 11.0 Å². The molecule has 0 aliphatic rings. The zero-order chi connectivity index (χ0) is 15.0. The van der Waals surface area contributed by atoms with Gasteiger partial charge in [0.2, 0.25) is 0 Å². The van der Waals surface area contributed by atoms with Crippen molar-refractivity contribution in [3.63, 3.8) is 0 Å². The molecule has 108 valence electrons. The minimum Gasteiger partial charge on any atom is -0.459 e. The highest BCUT2D eigenvalue weighted by atomic mass is 79.9. The lowest BCUT2D eigenvalue weighted by Gasteiger charge is -2.14. The van der Waals surface area contributed by atoms with E-state index in [0.29, 0.717) is 21.8 Å². The van der Waals surface area contributed by atoms with Crippen LogP contribution in [0, 0.1) is 5.82 Å². The van der Waals surface area contributed by atoms with Crippen molar-refractivity contribution in [1.82, 2.24) is 5.43 Å². The minimum atomic E-state index is -0.379. The molecule has 0 spiro atoms. The number of nitrogens with one attached hydrogen (secondary N) is 1. The Morgan fingerprint density at radius 2 is 2.00 bits per heavy atom. The lowest BCUT2D eigenvalue weighted by atomic mass is 10.1. The Hall–Kier alpha value is -1.40. The summed E-state index contributed by atoms with van der Waals surface area (Å²) < 4.78 is 19.8. The summed E-state index contributed by atoms with van der Waals surface area (Å²) in [7, 11) is 0. The van der Waals surface area contributed by atoms with E-state index < -0.39 is 0 Å². The fraction of sp³-hybridized carbons (Fsp3) is 0.0667. The molecule has 1 unspecified atom stereocenters. The van der Waals surface area contributed by atoms with Crippen LogP contribution >= 0.6 is 27.5 Å². The van der Waals surface area contributed by atoms with Gasteiger partial charge in [-0.1, -0.05) is 27.5 Å². The molecule has 1 heterocycles. The van der Waals surface area contributed by atoms with Gasteiger partial charge in [0.1, 0.15) is 23.2 Å². The van der Waals surface area contributed by atoms with Crippen molar-refractivity contribution in [2.75, 3.05) is 0 Å². The van der Waals surface area contributed by atoms with Crippen LogP contribution in [0.4, 0.5) is 4.39 Å². The first-order chi connectivity index (χ1) is 10.1. The van der Waals surface area contributed by atoms with E-state index in [2.05, 4.69) is 21.4 Å². The molecule has 6 heteroatoms. The van der Waals surface area contributed by atoms with Crippen molar-refractivity contribution in [3.05, 3.63) is 69.1 Å². The number of furan rings is 1. The number of fused-ring (bicyclic) bond motifs is 1. The van der Waals surface area contributed by atoms with Gasteiger partial charge in [0.15, 0.2) is 0 Å². The van der Waals surface area contributed by atoms with Gasteiger partial charge in [0, 0.05) is 14.9 Å². The van der Waals surface area contributed by atoms with Crippen LogP contribution in [0.3, 0.4) is 0 Å². The second-order valence-electron chi connectivity index (χ2n) is 4.63. The van der Waals surface area contributed by atoms with E-state index in [1.54, 1.807) is 24.3 Å². The van der Waals surface area contributed by atoms with Crippen LogP contribution in [0.5, 0.6) is 0 Å². The van der Waals surface area contributed by atoms with E-state index in [1.165, 1.54) is 12.1 Å². The summed E-state index contributed by atoms with van der Waals surface area (Å²) in [6.45, 7) is 0. The van der Waals surface area contributed by atoms with Crippen molar-refractivity contribution in [2.45, 2.75) is 6.04 Å². The maximum absolute atomic E-state index is 13.3.